The fraction of sp³-hybridized carbons (Fsp3) is 0.125. The van der Waals surface area contributed by atoms with Gasteiger partial charge in [0.1, 0.15) is 5.82 Å². The Morgan fingerprint density at radius 3 is 2.32 bits per heavy atom. The lowest BCUT2D eigenvalue weighted by molar-refractivity contribution is 0.0728. The first-order valence-electron chi connectivity index (χ1n) is 9.61. The summed E-state index contributed by atoms with van der Waals surface area (Å²) in [7, 11) is 0. The van der Waals surface area contributed by atoms with Crippen LogP contribution in [0.2, 0.25) is 0 Å². The van der Waals surface area contributed by atoms with E-state index in [-0.39, 0.29) is 11.3 Å². The molecule has 0 aliphatic heterocycles. The van der Waals surface area contributed by atoms with Crippen molar-refractivity contribution in [3.8, 4) is 11.5 Å². The van der Waals surface area contributed by atoms with E-state index in [4.69, 9.17) is 9.47 Å². The average molecular weight is 420 g/mol. The Hall–Kier alpha value is -4.00. The number of amides is 1. The Morgan fingerprint density at radius 1 is 0.968 bits per heavy atom. The van der Waals surface area contributed by atoms with Crippen molar-refractivity contribution in [3.05, 3.63) is 94.8 Å². The second-order valence-corrected chi connectivity index (χ2v) is 6.60. The lowest BCUT2D eigenvalue weighted by atomic mass is 10.1. The van der Waals surface area contributed by atoms with Gasteiger partial charge in [-0.1, -0.05) is 17.7 Å². The Morgan fingerprint density at radius 2 is 1.65 bits per heavy atom. The van der Waals surface area contributed by atoms with Gasteiger partial charge in [0, 0.05) is 5.56 Å². The van der Waals surface area contributed by atoms with E-state index in [1.54, 1.807) is 30.3 Å². The molecule has 0 saturated heterocycles. The van der Waals surface area contributed by atoms with Crippen LogP contribution in [0.4, 0.5) is 4.39 Å². The lowest BCUT2D eigenvalue weighted by Gasteiger charge is -2.11. The average Bonchev–Trinajstić information content (AvgIpc) is 2.76. The molecule has 3 aromatic rings. The highest BCUT2D eigenvalue weighted by Crippen LogP contribution is 2.29. The van der Waals surface area contributed by atoms with Gasteiger partial charge in [0.25, 0.3) is 5.91 Å². The minimum absolute atomic E-state index is 0.278. The van der Waals surface area contributed by atoms with Gasteiger partial charge >= 0.3 is 5.97 Å². The lowest BCUT2D eigenvalue weighted by Crippen LogP contribution is -2.17. The molecule has 1 N–H and O–H groups in total. The van der Waals surface area contributed by atoms with Crippen molar-refractivity contribution < 1.29 is 23.5 Å². The van der Waals surface area contributed by atoms with Crippen molar-refractivity contribution in [3.63, 3.8) is 0 Å². The largest absolute Gasteiger partial charge is 0.490 e. The van der Waals surface area contributed by atoms with Crippen LogP contribution in [0.15, 0.2) is 71.8 Å². The van der Waals surface area contributed by atoms with Gasteiger partial charge < -0.3 is 9.47 Å². The molecule has 0 fully saturated rings. The number of aryl methyl sites for hydroxylation is 1. The summed E-state index contributed by atoms with van der Waals surface area (Å²) in [5, 5.41) is 3.91. The molecule has 3 rings (SSSR count). The number of hydrazone groups is 1. The van der Waals surface area contributed by atoms with Crippen molar-refractivity contribution in [2.45, 2.75) is 13.8 Å². The summed E-state index contributed by atoms with van der Waals surface area (Å²) in [6.07, 6.45) is 1.43. The van der Waals surface area contributed by atoms with Gasteiger partial charge in [0.15, 0.2) is 11.5 Å². The second kappa shape index (κ2) is 10.2. The summed E-state index contributed by atoms with van der Waals surface area (Å²) in [6.45, 7) is 4.12. The molecule has 31 heavy (non-hydrogen) atoms. The van der Waals surface area contributed by atoms with E-state index in [9.17, 15) is 14.0 Å². The maximum atomic E-state index is 12.9. The topological polar surface area (TPSA) is 77.0 Å². The standard InChI is InChI=1S/C24H21FN2O4/c1-3-30-22-14-17(15-26-27-23(28)18-9-11-20(25)12-10-18)6-13-21(22)31-24(29)19-7-4-16(2)5-8-19/h4-15H,3H2,1-2H3,(H,27,28)/b26-15+. The molecule has 158 valence electrons. The first-order chi connectivity index (χ1) is 15.0. The van der Waals surface area contributed by atoms with E-state index in [0.717, 1.165) is 5.56 Å². The highest BCUT2D eigenvalue weighted by atomic mass is 19.1. The SMILES string of the molecule is CCOc1cc(/C=N/NC(=O)c2ccc(F)cc2)ccc1OC(=O)c1ccc(C)cc1. The number of nitrogens with one attached hydrogen (secondary N) is 1. The molecule has 7 heteroatoms. The van der Waals surface area contributed by atoms with E-state index in [0.29, 0.717) is 23.5 Å². The highest BCUT2D eigenvalue weighted by Gasteiger charge is 2.13. The van der Waals surface area contributed by atoms with E-state index >= 15 is 0 Å². The van der Waals surface area contributed by atoms with E-state index < -0.39 is 17.7 Å². The second-order valence-electron chi connectivity index (χ2n) is 6.60. The molecule has 0 atom stereocenters. The van der Waals surface area contributed by atoms with Gasteiger partial charge in [-0.3, -0.25) is 4.79 Å². The smallest absolute Gasteiger partial charge is 0.343 e. The highest BCUT2D eigenvalue weighted by molar-refractivity contribution is 5.95. The number of hydrogen-bond donors (Lipinski definition) is 1. The third-order valence-electron chi connectivity index (χ3n) is 4.24. The molecule has 0 aliphatic rings. The molecule has 6 nitrogen and oxygen atoms in total. The molecule has 0 spiro atoms. The van der Waals surface area contributed by atoms with Gasteiger partial charge in [-0.2, -0.15) is 5.10 Å². The number of halogens is 1. The van der Waals surface area contributed by atoms with Gasteiger partial charge in [-0.25, -0.2) is 14.6 Å². The summed E-state index contributed by atoms with van der Waals surface area (Å²) in [5.74, 6) is -0.734. The molecule has 0 radical (unpaired) electrons. The number of carbonyl (C=O) groups excluding carboxylic acids is 2. The van der Waals surface area contributed by atoms with Crippen LogP contribution in [-0.2, 0) is 0 Å². The minimum atomic E-state index is -0.492. The molecular weight excluding hydrogens is 399 g/mol. The van der Waals surface area contributed by atoms with Gasteiger partial charge in [-0.15, -0.1) is 0 Å². The normalized spacial score (nSPS) is 10.7. The van der Waals surface area contributed by atoms with Crippen LogP contribution >= 0.6 is 0 Å². The molecule has 0 aromatic heterocycles. The third-order valence-corrected chi connectivity index (χ3v) is 4.24. The van der Waals surface area contributed by atoms with Crippen LogP contribution in [-0.4, -0.2) is 24.7 Å². The summed E-state index contributed by atoms with van der Waals surface area (Å²) in [5.41, 5.74) is 4.76. The number of benzene rings is 3. The molecular formula is C24H21FN2O4. The molecule has 0 saturated carbocycles. The third kappa shape index (κ3) is 5.99. The van der Waals surface area contributed by atoms with Crippen LogP contribution in [0.25, 0.3) is 0 Å². The van der Waals surface area contributed by atoms with E-state index in [1.807, 2.05) is 26.0 Å². The van der Waals surface area contributed by atoms with Gasteiger partial charge in [0.05, 0.1) is 18.4 Å². The van der Waals surface area contributed by atoms with E-state index in [1.165, 1.54) is 30.5 Å². The Labute approximate surface area is 179 Å². The van der Waals surface area contributed by atoms with Crippen molar-refractivity contribution >= 4 is 18.1 Å². The zero-order chi connectivity index (χ0) is 22.2. The predicted octanol–water partition coefficient (Wildman–Crippen LogP) is 4.52. The van der Waals surface area contributed by atoms with Crippen LogP contribution in [0.1, 0.15) is 38.8 Å². The van der Waals surface area contributed by atoms with Gasteiger partial charge in [-0.05, 0) is 74.0 Å². The zero-order valence-corrected chi connectivity index (χ0v) is 17.1. The predicted molar refractivity (Wildman–Crippen MR) is 115 cm³/mol. The summed E-state index contributed by atoms with van der Waals surface area (Å²) in [6, 6.07) is 17.1. The Bertz CT molecular complexity index is 1090. The first-order valence-corrected chi connectivity index (χ1v) is 9.61. The molecule has 0 heterocycles. The quantitative estimate of drug-likeness (QED) is 0.264. The minimum Gasteiger partial charge on any atom is -0.490 e. The fourth-order valence-corrected chi connectivity index (χ4v) is 2.64. The number of carbonyl (C=O) groups is 2. The molecule has 0 aliphatic carbocycles. The van der Waals surface area contributed by atoms with Crippen molar-refractivity contribution in [2.24, 2.45) is 5.10 Å². The molecule has 0 unspecified atom stereocenters. The monoisotopic (exact) mass is 420 g/mol. The van der Waals surface area contributed by atoms with Crippen molar-refractivity contribution in [2.75, 3.05) is 6.61 Å². The summed E-state index contributed by atoms with van der Waals surface area (Å²) in [4.78, 5) is 24.4. The maximum absolute atomic E-state index is 12.9. The van der Waals surface area contributed by atoms with Crippen molar-refractivity contribution in [1.82, 2.24) is 5.43 Å². The Balaban J connectivity index is 1.69. The Kier molecular flexibility index (Phi) is 7.11. The van der Waals surface area contributed by atoms with Crippen LogP contribution in [0.5, 0.6) is 11.5 Å². The zero-order valence-electron chi connectivity index (χ0n) is 17.1. The number of hydrogen-bond acceptors (Lipinski definition) is 5. The maximum Gasteiger partial charge on any atom is 0.343 e. The molecule has 0 bridgehead atoms. The number of esters is 1. The van der Waals surface area contributed by atoms with Gasteiger partial charge in [0.2, 0.25) is 0 Å². The van der Waals surface area contributed by atoms with Crippen molar-refractivity contribution in [1.29, 1.82) is 0 Å². The summed E-state index contributed by atoms with van der Waals surface area (Å²) < 4.78 is 24.0. The summed E-state index contributed by atoms with van der Waals surface area (Å²) >= 11 is 0. The molecule has 1 amide bonds. The number of ether oxygens (including phenoxy) is 2. The first kappa shape index (κ1) is 21.7. The fourth-order valence-electron chi connectivity index (χ4n) is 2.64. The number of nitrogens with zero attached hydrogens (tertiary/aromatic N) is 1. The number of rotatable bonds is 7. The van der Waals surface area contributed by atoms with Crippen LogP contribution in [0.3, 0.4) is 0 Å². The molecule has 3 aromatic carbocycles. The van der Waals surface area contributed by atoms with E-state index in [2.05, 4.69) is 10.5 Å². The van der Waals surface area contributed by atoms with Crippen LogP contribution in [0, 0.1) is 12.7 Å². The van der Waals surface area contributed by atoms with Crippen LogP contribution < -0.4 is 14.9 Å².